The van der Waals surface area contributed by atoms with Crippen LogP contribution in [0.5, 0.6) is 5.75 Å². The average molecular weight is 291 g/mol. The standard InChI is InChI=1S/C17H25NO3/c1-5-6-7-10-18-17(20)14(4)21-16-9-8-15(13(3)19)11-12(16)2/h8-9,11,14H,5-7,10H2,1-4H3,(H,18,20). The normalized spacial score (nSPS) is 11.8. The van der Waals surface area contributed by atoms with Crippen LogP contribution in [-0.2, 0) is 4.79 Å². The number of amides is 1. The molecular weight excluding hydrogens is 266 g/mol. The Morgan fingerprint density at radius 1 is 1.29 bits per heavy atom. The summed E-state index contributed by atoms with van der Waals surface area (Å²) >= 11 is 0. The van der Waals surface area contributed by atoms with Crippen molar-refractivity contribution >= 4 is 11.7 Å². The Hall–Kier alpha value is -1.84. The maximum Gasteiger partial charge on any atom is 0.260 e. The molecule has 0 aliphatic carbocycles. The summed E-state index contributed by atoms with van der Waals surface area (Å²) in [6, 6.07) is 5.24. The van der Waals surface area contributed by atoms with E-state index < -0.39 is 6.10 Å². The van der Waals surface area contributed by atoms with Crippen LogP contribution in [0.1, 0.15) is 56.0 Å². The quantitative estimate of drug-likeness (QED) is 0.591. The molecule has 0 spiro atoms. The molecule has 0 aliphatic rings. The van der Waals surface area contributed by atoms with Crippen LogP contribution in [0.3, 0.4) is 0 Å². The van der Waals surface area contributed by atoms with Crippen molar-refractivity contribution in [3.63, 3.8) is 0 Å². The Morgan fingerprint density at radius 3 is 2.57 bits per heavy atom. The summed E-state index contributed by atoms with van der Waals surface area (Å²) in [7, 11) is 0. The molecule has 0 fully saturated rings. The van der Waals surface area contributed by atoms with Gasteiger partial charge in [0.2, 0.25) is 0 Å². The number of nitrogens with one attached hydrogen (secondary N) is 1. The highest BCUT2D eigenvalue weighted by molar-refractivity contribution is 5.94. The fourth-order valence-electron chi connectivity index (χ4n) is 1.97. The number of hydrogen-bond acceptors (Lipinski definition) is 3. The third kappa shape index (κ3) is 5.58. The number of carbonyl (C=O) groups excluding carboxylic acids is 2. The molecule has 0 saturated carbocycles. The van der Waals surface area contributed by atoms with Gasteiger partial charge in [0, 0.05) is 12.1 Å². The summed E-state index contributed by atoms with van der Waals surface area (Å²) < 4.78 is 5.68. The van der Waals surface area contributed by atoms with Crippen LogP contribution < -0.4 is 10.1 Å². The highest BCUT2D eigenvalue weighted by Crippen LogP contribution is 2.20. The van der Waals surface area contributed by atoms with Crippen LogP contribution in [0.4, 0.5) is 0 Å². The van der Waals surface area contributed by atoms with Crippen molar-refractivity contribution in [2.75, 3.05) is 6.54 Å². The highest BCUT2D eigenvalue weighted by atomic mass is 16.5. The number of rotatable bonds is 8. The molecule has 0 heterocycles. The first-order valence-electron chi connectivity index (χ1n) is 7.51. The number of unbranched alkanes of at least 4 members (excludes halogenated alkanes) is 2. The zero-order valence-corrected chi connectivity index (χ0v) is 13.4. The van der Waals surface area contributed by atoms with Gasteiger partial charge in [-0.25, -0.2) is 0 Å². The lowest BCUT2D eigenvalue weighted by Crippen LogP contribution is -2.36. The molecule has 1 aromatic rings. The fraction of sp³-hybridized carbons (Fsp3) is 0.529. The Balaban J connectivity index is 2.56. The van der Waals surface area contributed by atoms with Crippen molar-refractivity contribution in [1.82, 2.24) is 5.32 Å². The van der Waals surface area contributed by atoms with Crippen molar-refractivity contribution in [2.45, 2.75) is 53.1 Å². The van der Waals surface area contributed by atoms with E-state index in [9.17, 15) is 9.59 Å². The number of aryl methyl sites for hydroxylation is 1. The van der Waals surface area contributed by atoms with Gasteiger partial charge in [-0.05, 0) is 51.0 Å². The van der Waals surface area contributed by atoms with Gasteiger partial charge in [-0.3, -0.25) is 9.59 Å². The molecule has 0 radical (unpaired) electrons. The minimum atomic E-state index is -0.548. The van der Waals surface area contributed by atoms with Gasteiger partial charge >= 0.3 is 0 Å². The van der Waals surface area contributed by atoms with E-state index in [0.717, 1.165) is 24.8 Å². The molecule has 1 amide bonds. The lowest BCUT2D eigenvalue weighted by Gasteiger charge is -2.16. The van der Waals surface area contributed by atoms with Crippen LogP contribution in [0, 0.1) is 6.92 Å². The second-order valence-corrected chi connectivity index (χ2v) is 5.29. The van der Waals surface area contributed by atoms with E-state index in [2.05, 4.69) is 12.2 Å². The molecule has 116 valence electrons. The van der Waals surface area contributed by atoms with E-state index in [0.29, 0.717) is 17.9 Å². The van der Waals surface area contributed by atoms with E-state index in [4.69, 9.17) is 4.74 Å². The number of ether oxygens (including phenoxy) is 1. The van der Waals surface area contributed by atoms with E-state index >= 15 is 0 Å². The van der Waals surface area contributed by atoms with E-state index in [1.54, 1.807) is 25.1 Å². The van der Waals surface area contributed by atoms with Crippen molar-refractivity contribution in [1.29, 1.82) is 0 Å². The zero-order chi connectivity index (χ0) is 15.8. The molecule has 1 atom stereocenters. The number of carbonyl (C=O) groups is 2. The van der Waals surface area contributed by atoms with Gasteiger partial charge in [-0.2, -0.15) is 0 Å². The molecular formula is C17H25NO3. The predicted molar refractivity (Wildman–Crippen MR) is 83.8 cm³/mol. The summed E-state index contributed by atoms with van der Waals surface area (Å²) in [5, 5.41) is 2.87. The molecule has 4 nitrogen and oxygen atoms in total. The molecule has 0 aliphatic heterocycles. The maximum absolute atomic E-state index is 11.9. The van der Waals surface area contributed by atoms with Crippen LogP contribution in [0.25, 0.3) is 0 Å². The Bertz CT molecular complexity index is 497. The molecule has 1 rings (SSSR count). The number of hydrogen-bond donors (Lipinski definition) is 1. The Kier molecular flexibility index (Phi) is 6.92. The molecule has 4 heteroatoms. The molecule has 21 heavy (non-hydrogen) atoms. The molecule has 1 N–H and O–H groups in total. The third-order valence-corrected chi connectivity index (χ3v) is 3.33. The van der Waals surface area contributed by atoms with Gasteiger partial charge in [-0.1, -0.05) is 19.8 Å². The van der Waals surface area contributed by atoms with Gasteiger partial charge in [0.05, 0.1) is 0 Å². The molecule has 1 unspecified atom stereocenters. The van der Waals surface area contributed by atoms with Crippen molar-refractivity contribution in [3.8, 4) is 5.75 Å². The molecule has 1 aromatic carbocycles. The van der Waals surface area contributed by atoms with E-state index in [1.165, 1.54) is 6.92 Å². The highest BCUT2D eigenvalue weighted by Gasteiger charge is 2.15. The lowest BCUT2D eigenvalue weighted by atomic mass is 10.1. The summed E-state index contributed by atoms with van der Waals surface area (Å²) in [5.41, 5.74) is 1.50. The van der Waals surface area contributed by atoms with E-state index in [1.807, 2.05) is 6.92 Å². The average Bonchev–Trinajstić information content (AvgIpc) is 2.45. The van der Waals surface area contributed by atoms with Crippen molar-refractivity contribution in [3.05, 3.63) is 29.3 Å². The second kappa shape index (κ2) is 8.45. The summed E-state index contributed by atoms with van der Waals surface area (Å²) in [5.74, 6) is 0.545. The summed E-state index contributed by atoms with van der Waals surface area (Å²) in [4.78, 5) is 23.2. The van der Waals surface area contributed by atoms with Crippen molar-refractivity contribution < 1.29 is 14.3 Å². The SMILES string of the molecule is CCCCCNC(=O)C(C)Oc1ccc(C(C)=O)cc1C. The first-order valence-corrected chi connectivity index (χ1v) is 7.51. The summed E-state index contributed by atoms with van der Waals surface area (Å²) in [6.45, 7) is 7.94. The smallest absolute Gasteiger partial charge is 0.260 e. The van der Waals surface area contributed by atoms with Gasteiger partial charge in [-0.15, -0.1) is 0 Å². The van der Waals surface area contributed by atoms with Gasteiger partial charge < -0.3 is 10.1 Å². The predicted octanol–water partition coefficient (Wildman–Crippen LogP) is 3.27. The molecule has 0 saturated heterocycles. The van der Waals surface area contributed by atoms with Crippen LogP contribution >= 0.6 is 0 Å². The summed E-state index contributed by atoms with van der Waals surface area (Å²) in [6.07, 6.45) is 2.68. The van der Waals surface area contributed by atoms with Gasteiger partial charge in [0.25, 0.3) is 5.91 Å². The van der Waals surface area contributed by atoms with Crippen LogP contribution in [-0.4, -0.2) is 24.3 Å². The fourth-order valence-corrected chi connectivity index (χ4v) is 1.97. The second-order valence-electron chi connectivity index (χ2n) is 5.29. The molecule has 0 aromatic heterocycles. The van der Waals surface area contributed by atoms with E-state index in [-0.39, 0.29) is 11.7 Å². The van der Waals surface area contributed by atoms with Crippen LogP contribution in [0.2, 0.25) is 0 Å². The number of benzene rings is 1. The van der Waals surface area contributed by atoms with Gasteiger partial charge in [0.1, 0.15) is 5.75 Å². The first kappa shape index (κ1) is 17.2. The minimum absolute atomic E-state index is 0.0198. The molecule has 0 bridgehead atoms. The monoisotopic (exact) mass is 291 g/mol. The number of Topliss-reactive ketones (excluding diaryl/α,β-unsaturated/α-hetero) is 1. The largest absolute Gasteiger partial charge is 0.481 e. The Morgan fingerprint density at radius 2 is 2.00 bits per heavy atom. The first-order chi connectivity index (χ1) is 9.95. The maximum atomic E-state index is 11.9. The van der Waals surface area contributed by atoms with Crippen LogP contribution in [0.15, 0.2) is 18.2 Å². The lowest BCUT2D eigenvalue weighted by molar-refractivity contribution is -0.127. The van der Waals surface area contributed by atoms with Gasteiger partial charge in [0.15, 0.2) is 11.9 Å². The minimum Gasteiger partial charge on any atom is -0.481 e. The zero-order valence-electron chi connectivity index (χ0n) is 13.4. The number of ketones is 1. The Labute approximate surface area is 126 Å². The topological polar surface area (TPSA) is 55.4 Å². The van der Waals surface area contributed by atoms with Crippen molar-refractivity contribution in [2.24, 2.45) is 0 Å². The third-order valence-electron chi connectivity index (χ3n) is 3.33.